The van der Waals surface area contributed by atoms with Gasteiger partial charge >= 0.3 is 0 Å². The van der Waals surface area contributed by atoms with Gasteiger partial charge in [-0.25, -0.2) is 4.98 Å². The monoisotopic (exact) mass is 538 g/mol. The second-order valence-electron chi connectivity index (χ2n) is 11.6. The number of amides is 1. The average molecular weight is 539 g/mol. The largest absolute Gasteiger partial charge is 0.372 e. The Morgan fingerprint density at radius 1 is 1.10 bits per heavy atom. The summed E-state index contributed by atoms with van der Waals surface area (Å²) in [5.41, 5.74) is 3.60. The molecule has 0 spiro atoms. The molecule has 1 aliphatic carbocycles. The number of aromatic nitrogens is 3. The summed E-state index contributed by atoms with van der Waals surface area (Å²) in [6.07, 6.45) is 13.0. The van der Waals surface area contributed by atoms with Crippen LogP contribution in [0.5, 0.6) is 0 Å². The van der Waals surface area contributed by atoms with Crippen molar-refractivity contribution in [2.45, 2.75) is 38.6 Å². The van der Waals surface area contributed by atoms with Gasteiger partial charge in [-0.15, -0.1) is 0 Å². The van der Waals surface area contributed by atoms with Crippen LogP contribution in [0.25, 0.3) is 16.9 Å². The van der Waals surface area contributed by atoms with E-state index in [-0.39, 0.29) is 23.9 Å². The first kappa shape index (κ1) is 26.3. The Hall–Kier alpha value is -3.90. The van der Waals surface area contributed by atoms with E-state index in [2.05, 4.69) is 76.4 Å². The van der Waals surface area contributed by atoms with E-state index < -0.39 is 0 Å². The molecule has 3 unspecified atom stereocenters. The van der Waals surface area contributed by atoms with Crippen LogP contribution in [0, 0.1) is 23.2 Å². The highest BCUT2D eigenvalue weighted by atomic mass is 16.2. The molecule has 2 aromatic heterocycles. The lowest BCUT2D eigenvalue weighted by Gasteiger charge is -2.49. The topological polar surface area (TPSA) is 92.8 Å². The van der Waals surface area contributed by atoms with E-state index in [4.69, 9.17) is 4.98 Å². The van der Waals surface area contributed by atoms with Crippen molar-refractivity contribution in [2.24, 2.45) is 11.8 Å². The Labute approximate surface area is 236 Å². The van der Waals surface area contributed by atoms with E-state index in [0.29, 0.717) is 19.0 Å². The number of allylic oxidation sites excluding steroid dienone is 1. The zero-order valence-corrected chi connectivity index (χ0v) is 23.5. The van der Waals surface area contributed by atoms with Crippen molar-refractivity contribution in [3.8, 4) is 17.3 Å². The molecule has 3 atom stereocenters. The lowest BCUT2D eigenvalue weighted by Crippen LogP contribution is -2.60. The molecule has 6 rings (SSSR count). The third-order valence-electron chi connectivity index (χ3n) is 8.98. The smallest absolute Gasteiger partial charge is 0.242 e. The number of imidazole rings is 1. The summed E-state index contributed by atoms with van der Waals surface area (Å²) < 4.78 is 1.96. The van der Waals surface area contributed by atoms with Crippen LogP contribution < -0.4 is 10.2 Å². The number of rotatable bonds is 6. The average Bonchev–Trinajstić information content (AvgIpc) is 3.65. The highest BCUT2D eigenvalue weighted by Crippen LogP contribution is 2.37. The highest BCUT2D eigenvalue weighted by molar-refractivity contribution is 5.84. The lowest BCUT2D eigenvalue weighted by atomic mass is 9.73. The Bertz CT molecular complexity index is 1430. The van der Waals surface area contributed by atoms with Gasteiger partial charge in [-0.3, -0.25) is 19.1 Å². The Morgan fingerprint density at radius 2 is 1.85 bits per heavy atom. The van der Waals surface area contributed by atoms with E-state index in [0.717, 1.165) is 55.3 Å². The SMILES string of the molecule is CC1C=CC(C#N)C(C)(N2CCN(C(=O)CNc3c(-c4ccc(N5CCCC5)cc4)nc4cnccn34)CC2)C1. The number of hydrogen-bond donors (Lipinski definition) is 1. The number of anilines is 2. The van der Waals surface area contributed by atoms with Gasteiger partial charge in [-0.1, -0.05) is 31.2 Å². The molecule has 1 amide bonds. The van der Waals surface area contributed by atoms with Crippen molar-refractivity contribution >= 4 is 23.1 Å². The van der Waals surface area contributed by atoms with Gasteiger partial charge in [0.05, 0.1) is 24.7 Å². The predicted molar refractivity (Wildman–Crippen MR) is 157 cm³/mol. The van der Waals surface area contributed by atoms with Crippen LogP contribution in [-0.2, 0) is 4.79 Å². The summed E-state index contributed by atoms with van der Waals surface area (Å²) in [7, 11) is 0. The first-order valence-corrected chi connectivity index (χ1v) is 14.5. The van der Waals surface area contributed by atoms with Crippen LogP contribution in [0.3, 0.4) is 0 Å². The van der Waals surface area contributed by atoms with Crippen LogP contribution >= 0.6 is 0 Å². The highest BCUT2D eigenvalue weighted by Gasteiger charge is 2.43. The predicted octanol–water partition coefficient (Wildman–Crippen LogP) is 4.05. The quantitative estimate of drug-likeness (QED) is 0.474. The zero-order valence-electron chi connectivity index (χ0n) is 23.5. The van der Waals surface area contributed by atoms with Crippen LogP contribution in [0.2, 0.25) is 0 Å². The minimum Gasteiger partial charge on any atom is -0.372 e. The van der Waals surface area contributed by atoms with E-state index in [9.17, 15) is 10.1 Å². The molecule has 1 N–H and O–H groups in total. The number of carbonyl (C=O) groups excluding carboxylic acids is 1. The first-order valence-electron chi connectivity index (χ1n) is 14.5. The zero-order chi connectivity index (χ0) is 27.7. The maximum Gasteiger partial charge on any atom is 0.242 e. The van der Waals surface area contributed by atoms with Crippen LogP contribution in [0.1, 0.15) is 33.1 Å². The molecule has 3 aliphatic rings. The van der Waals surface area contributed by atoms with Crippen LogP contribution in [0.15, 0.2) is 55.0 Å². The third-order valence-corrected chi connectivity index (χ3v) is 8.98. The van der Waals surface area contributed by atoms with Crippen molar-refractivity contribution in [2.75, 3.05) is 56.0 Å². The van der Waals surface area contributed by atoms with Crippen molar-refractivity contribution in [3.63, 3.8) is 0 Å². The summed E-state index contributed by atoms with van der Waals surface area (Å²) in [5, 5.41) is 13.2. The maximum absolute atomic E-state index is 13.3. The lowest BCUT2D eigenvalue weighted by molar-refractivity contribution is -0.132. The number of hydrogen-bond acceptors (Lipinski definition) is 7. The number of fused-ring (bicyclic) bond motifs is 1. The fraction of sp³-hybridized carbons (Fsp3) is 0.484. The summed E-state index contributed by atoms with van der Waals surface area (Å²) in [4.78, 5) is 29.2. The maximum atomic E-state index is 13.3. The second kappa shape index (κ2) is 10.9. The first-order chi connectivity index (χ1) is 19.5. The number of benzene rings is 1. The van der Waals surface area contributed by atoms with Crippen molar-refractivity contribution in [3.05, 3.63) is 55.0 Å². The molecule has 2 saturated heterocycles. The molecule has 0 bridgehead atoms. The molecule has 9 nitrogen and oxygen atoms in total. The molecule has 4 heterocycles. The number of nitrogens with one attached hydrogen (secondary N) is 1. The summed E-state index contributed by atoms with van der Waals surface area (Å²) in [6, 6.07) is 11.1. The Morgan fingerprint density at radius 3 is 2.58 bits per heavy atom. The summed E-state index contributed by atoms with van der Waals surface area (Å²) in [5.74, 6) is 1.19. The molecule has 2 fully saturated rings. The van der Waals surface area contributed by atoms with Crippen LogP contribution in [-0.4, -0.2) is 81.4 Å². The molecule has 9 heteroatoms. The minimum atomic E-state index is -0.194. The fourth-order valence-corrected chi connectivity index (χ4v) is 6.68. The standard InChI is InChI=1S/C31H38N8O/c1-23-5-8-25(20-32)31(2,19-23)38-17-15-37(16-18-38)28(40)22-34-30-29(35-27-21-33-11-14-39(27)30)24-6-9-26(10-7-24)36-12-3-4-13-36/h5-11,14,21,23,25,34H,3-4,12-13,15-19,22H2,1-2H3. The molecule has 3 aromatic rings. The number of nitrogens with zero attached hydrogens (tertiary/aromatic N) is 7. The molecule has 0 radical (unpaired) electrons. The van der Waals surface area contributed by atoms with E-state index in [1.807, 2.05) is 15.5 Å². The molecule has 1 aromatic carbocycles. The van der Waals surface area contributed by atoms with E-state index in [1.165, 1.54) is 18.5 Å². The van der Waals surface area contributed by atoms with Crippen molar-refractivity contribution in [1.82, 2.24) is 24.2 Å². The van der Waals surface area contributed by atoms with Gasteiger partial charge in [0.2, 0.25) is 5.91 Å². The molecular formula is C31H38N8O. The number of nitriles is 1. The van der Waals surface area contributed by atoms with Gasteiger partial charge < -0.3 is 15.1 Å². The molecule has 208 valence electrons. The number of piperazine rings is 1. The van der Waals surface area contributed by atoms with Gasteiger partial charge in [0, 0.05) is 68.5 Å². The van der Waals surface area contributed by atoms with Gasteiger partial charge in [0.25, 0.3) is 0 Å². The Kier molecular flexibility index (Phi) is 7.20. The third kappa shape index (κ3) is 4.92. The van der Waals surface area contributed by atoms with Gasteiger partial charge in [0.15, 0.2) is 5.65 Å². The molecule has 0 saturated carbocycles. The van der Waals surface area contributed by atoms with E-state index >= 15 is 0 Å². The van der Waals surface area contributed by atoms with Gasteiger partial charge in [-0.05, 0) is 44.2 Å². The Balaban J connectivity index is 1.14. The van der Waals surface area contributed by atoms with Gasteiger partial charge in [0.1, 0.15) is 11.5 Å². The van der Waals surface area contributed by atoms with Gasteiger partial charge in [-0.2, -0.15) is 5.26 Å². The normalized spacial score (nSPS) is 25.3. The second-order valence-corrected chi connectivity index (χ2v) is 11.6. The molecular weight excluding hydrogens is 500 g/mol. The van der Waals surface area contributed by atoms with Crippen molar-refractivity contribution in [1.29, 1.82) is 5.26 Å². The van der Waals surface area contributed by atoms with Crippen LogP contribution in [0.4, 0.5) is 11.5 Å². The number of carbonyl (C=O) groups is 1. The molecule has 2 aliphatic heterocycles. The molecule has 40 heavy (non-hydrogen) atoms. The minimum absolute atomic E-state index is 0.0675. The summed E-state index contributed by atoms with van der Waals surface area (Å²) in [6.45, 7) is 9.69. The van der Waals surface area contributed by atoms with E-state index in [1.54, 1.807) is 12.4 Å². The fourth-order valence-electron chi connectivity index (χ4n) is 6.68. The van der Waals surface area contributed by atoms with Crippen molar-refractivity contribution < 1.29 is 4.79 Å². The summed E-state index contributed by atoms with van der Waals surface area (Å²) >= 11 is 0.